The number of piperidine rings is 3. The molecule has 15 nitrogen and oxygen atoms in total. The molecule has 9 rings (SSSR count). The topological polar surface area (TPSA) is 160 Å². The summed E-state index contributed by atoms with van der Waals surface area (Å²) in [6.45, 7) is 16.2. The van der Waals surface area contributed by atoms with Gasteiger partial charge in [-0.1, -0.05) is 13.0 Å². The van der Waals surface area contributed by atoms with E-state index in [2.05, 4.69) is 80.9 Å². The number of hydrogen-bond acceptors (Lipinski definition) is 14. The zero-order valence-corrected chi connectivity index (χ0v) is 43.1. The van der Waals surface area contributed by atoms with E-state index < -0.39 is 30.7 Å². The van der Waals surface area contributed by atoms with E-state index in [9.17, 15) is 14.2 Å². The number of rotatable bonds is 14. The van der Waals surface area contributed by atoms with Crippen molar-refractivity contribution in [1.29, 1.82) is 0 Å². The molecule has 372 valence electrons. The quantitative estimate of drug-likeness (QED) is 0.0620. The van der Waals surface area contributed by atoms with Crippen molar-refractivity contribution in [2.75, 3.05) is 105 Å². The number of piperazine rings is 1. The SMILES string of the molecule is CCc1cc(Nc2ncc(Br)c(Nc3ccc4nc(C)ccc4c3P(C)(C)=O)n2)c(OC)cc1N1CCC(N2CCN(CC3CCN(c4cc(F)c(NC5CCC(=O)NC5=O)c(F)c4)CC3)CC2)CC1. The molecule has 70 heavy (non-hydrogen) atoms. The summed E-state index contributed by atoms with van der Waals surface area (Å²) in [5, 5.41) is 13.3. The van der Waals surface area contributed by atoms with Crippen LogP contribution in [0.3, 0.4) is 0 Å². The molecule has 0 bridgehead atoms. The number of halogens is 3. The Labute approximate surface area is 417 Å². The number of hydrogen-bond donors (Lipinski definition) is 4. The number of imide groups is 1. The highest BCUT2D eigenvalue weighted by Crippen LogP contribution is 2.43. The first kappa shape index (κ1) is 49.6. The molecule has 4 aliphatic rings. The van der Waals surface area contributed by atoms with Crippen LogP contribution in [0.2, 0.25) is 0 Å². The summed E-state index contributed by atoms with van der Waals surface area (Å²) in [6.07, 6.45) is 6.92. The smallest absolute Gasteiger partial charge is 0.249 e. The third-order valence-corrected chi connectivity index (χ3v) is 16.5. The lowest BCUT2D eigenvalue weighted by molar-refractivity contribution is -0.133. The van der Waals surface area contributed by atoms with Gasteiger partial charge < -0.3 is 40.0 Å². The minimum atomic E-state index is -2.74. The van der Waals surface area contributed by atoms with Gasteiger partial charge in [0.15, 0.2) is 11.6 Å². The number of anilines is 7. The first-order chi connectivity index (χ1) is 33.6. The number of benzene rings is 3. The molecule has 1 atom stereocenters. The Balaban J connectivity index is 0.762. The zero-order valence-electron chi connectivity index (χ0n) is 40.6. The predicted octanol–water partition coefficient (Wildman–Crippen LogP) is 8.40. The lowest BCUT2D eigenvalue weighted by Gasteiger charge is -2.44. The summed E-state index contributed by atoms with van der Waals surface area (Å²) < 4.78 is 50.7. The number of amides is 2. The van der Waals surface area contributed by atoms with Crippen molar-refractivity contribution in [3.05, 3.63) is 82.1 Å². The van der Waals surface area contributed by atoms with Gasteiger partial charge in [-0.15, -0.1) is 0 Å². The summed E-state index contributed by atoms with van der Waals surface area (Å²) >= 11 is 3.62. The molecule has 4 fully saturated rings. The van der Waals surface area contributed by atoms with E-state index in [1.807, 2.05) is 36.1 Å². The average molecular weight is 1040 g/mol. The molecule has 0 saturated carbocycles. The van der Waals surface area contributed by atoms with Crippen molar-refractivity contribution in [2.24, 2.45) is 5.92 Å². The largest absolute Gasteiger partial charge is 0.494 e. The molecule has 19 heteroatoms. The lowest BCUT2D eigenvalue weighted by Crippen LogP contribution is -2.54. The van der Waals surface area contributed by atoms with Crippen LogP contribution in [0.5, 0.6) is 5.75 Å². The van der Waals surface area contributed by atoms with Crippen LogP contribution >= 0.6 is 23.1 Å². The van der Waals surface area contributed by atoms with E-state index in [4.69, 9.17) is 9.72 Å². The number of fused-ring (bicyclic) bond motifs is 1. The Kier molecular flexibility index (Phi) is 15.0. The molecular formula is C51H63BrF2N11O4P. The summed E-state index contributed by atoms with van der Waals surface area (Å²) in [7, 11) is -1.05. The minimum absolute atomic E-state index is 0.122. The monoisotopic (exact) mass is 1040 g/mol. The third-order valence-electron chi connectivity index (χ3n) is 14.4. The van der Waals surface area contributed by atoms with Crippen LogP contribution in [0.4, 0.5) is 49.0 Å². The van der Waals surface area contributed by atoms with Crippen molar-refractivity contribution in [3.63, 3.8) is 0 Å². The summed E-state index contributed by atoms with van der Waals surface area (Å²) in [6, 6.07) is 14.4. The van der Waals surface area contributed by atoms with Gasteiger partial charge in [0.05, 0.1) is 28.5 Å². The standard InChI is InChI=1S/C51H63BrF2N11O4P/c1-6-33-25-43(59-51-55-29-37(52)49(61-51)58-41-10-9-40-36(8-7-31(2)56-40)48(41)70(4,5)68)45(69-3)28-44(33)65-19-15-34(16-20-65)64-23-21-62(22-24-64)30-32-13-17-63(18-14-32)35-26-38(53)47(39(54)27-35)57-42-11-12-46(66)60-50(42)67/h7-10,25-29,32,34,42,57H,6,11-24,30H2,1-5H3,(H,60,66,67)(H2,55,58,59,61). The van der Waals surface area contributed by atoms with Gasteiger partial charge in [-0.2, -0.15) is 4.98 Å². The molecule has 6 heterocycles. The highest BCUT2D eigenvalue weighted by molar-refractivity contribution is 9.10. The number of nitrogens with zero attached hydrogens (tertiary/aromatic N) is 7. The van der Waals surface area contributed by atoms with Gasteiger partial charge in [0.25, 0.3) is 0 Å². The molecule has 0 spiro atoms. The second-order valence-electron chi connectivity index (χ2n) is 19.4. The van der Waals surface area contributed by atoms with Crippen LogP contribution in [0.1, 0.15) is 56.7 Å². The zero-order chi connectivity index (χ0) is 49.3. The van der Waals surface area contributed by atoms with Gasteiger partial charge in [0, 0.05) is 111 Å². The third kappa shape index (κ3) is 11.0. The highest BCUT2D eigenvalue weighted by Gasteiger charge is 2.32. The first-order valence-corrected chi connectivity index (χ1v) is 27.8. The molecular weight excluding hydrogens is 980 g/mol. The fraction of sp³-hybridized carbons (Fsp3) is 0.471. The number of carbonyl (C=O) groups is 2. The molecule has 4 saturated heterocycles. The molecule has 1 unspecified atom stereocenters. The van der Waals surface area contributed by atoms with Crippen LogP contribution in [0, 0.1) is 24.5 Å². The number of carbonyl (C=O) groups excluding carboxylic acids is 2. The van der Waals surface area contributed by atoms with Gasteiger partial charge in [-0.25, -0.2) is 13.8 Å². The molecule has 2 amide bonds. The number of nitrogens with one attached hydrogen (secondary N) is 4. The minimum Gasteiger partial charge on any atom is -0.494 e. The highest BCUT2D eigenvalue weighted by atomic mass is 79.9. The molecule has 4 aliphatic heterocycles. The Bertz CT molecular complexity index is 2790. The molecule has 3 aromatic carbocycles. The van der Waals surface area contributed by atoms with Crippen molar-refractivity contribution < 1.29 is 27.7 Å². The van der Waals surface area contributed by atoms with E-state index in [1.165, 1.54) is 23.4 Å². The van der Waals surface area contributed by atoms with Crippen LogP contribution in [-0.2, 0) is 20.6 Å². The van der Waals surface area contributed by atoms with Crippen LogP contribution < -0.4 is 41.1 Å². The lowest BCUT2D eigenvalue weighted by atomic mass is 9.95. The van der Waals surface area contributed by atoms with Crippen molar-refractivity contribution in [1.82, 2.24) is 30.1 Å². The van der Waals surface area contributed by atoms with Gasteiger partial charge in [-0.3, -0.25) is 24.8 Å². The molecule has 0 radical (unpaired) electrons. The number of aryl methyl sites for hydroxylation is 2. The summed E-state index contributed by atoms with van der Waals surface area (Å²) in [5.41, 5.74) is 5.73. The first-order valence-electron chi connectivity index (χ1n) is 24.4. The van der Waals surface area contributed by atoms with E-state index in [0.717, 1.165) is 119 Å². The van der Waals surface area contributed by atoms with E-state index in [1.54, 1.807) is 26.6 Å². The number of pyridine rings is 1. The van der Waals surface area contributed by atoms with Crippen LogP contribution in [-0.4, -0.2) is 128 Å². The Hall–Kier alpha value is -5.42. The van der Waals surface area contributed by atoms with Gasteiger partial charge in [0.2, 0.25) is 17.8 Å². The molecule has 4 N–H and O–H groups in total. The maximum absolute atomic E-state index is 15.2. The summed E-state index contributed by atoms with van der Waals surface area (Å²) in [4.78, 5) is 47.6. The molecule has 5 aromatic rings. The fourth-order valence-electron chi connectivity index (χ4n) is 10.6. The van der Waals surface area contributed by atoms with Crippen molar-refractivity contribution in [3.8, 4) is 5.75 Å². The Morgan fingerprint density at radius 1 is 0.857 bits per heavy atom. The second kappa shape index (κ2) is 21.1. The van der Waals surface area contributed by atoms with Crippen molar-refractivity contribution in [2.45, 2.75) is 70.9 Å². The predicted molar refractivity (Wildman–Crippen MR) is 279 cm³/mol. The van der Waals surface area contributed by atoms with E-state index in [-0.39, 0.29) is 24.4 Å². The number of ether oxygens (including phenoxy) is 1. The molecule has 0 aliphatic carbocycles. The van der Waals surface area contributed by atoms with Gasteiger partial charge in [-0.05, 0) is 123 Å². The number of aromatic nitrogens is 3. The number of methoxy groups -OCH3 is 1. The van der Waals surface area contributed by atoms with E-state index in [0.29, 0.717) is 45.3 Å². The normalized spacial score (nSPS) is 19.1. The second-order valence-corrected chi connectivity index (χ2v) is 23.4. The van der Waals surface area contributed by atoms with Crippen molar-refractivity contribution >= 4 is 91.3 Å². The average Bonchev–Trinajstić information content (AvgIpc) is 3.34. The Morgan fingerprint density at radius 3 is 2.24 bits per heavy atom. The van der Waals surface area contributed by atoms with E-state index >= 15 is 8.78 Å². The fourth-order valence-corrected chi connectivity index (χ4v) is 12.4. The maximum atomic E-state index is 15.2. The Morgan fingerprint density at radius 2 is 1.57 bits per heavy atom. The maximum Gasteiger partial charge on any atom is 0.249 e. The van der Waals surface area contributed by atoms with Gasteiger partial charge >= 0.3 is 0 Å². The van der Waals surface area contributed by atoms with Gasteiger partial charge in [0.1, 0.15) is 30.4 Å². The van der Waals surface area contributed by atoms with Crippen LogP contribution in [0.25, 0.3) is 10.9 Å². The summed E-state index contributed by atoms with van der Waals surface area (Å²) in [5.74, 6) is -0.299. The molecule has 2 aromatic heterocycles. The van der Waals surface area contributed by atoms with Crippen LogP contribution in [0.15, 0.2) is 59.2 Å².